The maximum atomic E-state index is 13.1. The topological polar surface area (TPSA) is 77.8 Å². The lowest BCUT2D eigenvalue weighted by molar-refractivity contribution is 0.0692. The molecule has 0 bridgehead atoms. The van der Waals surface area contributed by atoms with Crippen molar-refractivity contribution in [2.45, 2.75) is 13.3 Å². The fraction of sp³-hybridized carbons (Fsp3) is 0.300. The molecule has 1 aromatic carbocycles. The molecule has 0 radical (unpaired) electrons. The summed E-state index contributed by atoms with van der Waals surface area (Å²) >= 11 is -2.26. The predicted octanol–water partition coefficient (Wildman–Crippen LogP) is 1.88. The number of carbonyl (C=O) groups is 1. The van der Waals surface area contributed by atoms with Crippen LogP contribution < -0.4 is 4.31 Å². The quantitative estimate of drug-likeness (QED) is 0.793. The number of nitrogens with zero attached hydrogens (tertiary/aromatic N) is 1. The highest BCUT2D eigenvalue weighted by atomic mass is 32.2. The van der Waals surface area contributed by atoms with Crippen molar-refractivity contribution >= 4 is 22.9 Å². The van der Waals surface area contributed by atoms with Crippen LogP contribution in [-0.4, -0.2) is 26.4 Å². The van der Waals surface area contributed by atoms with Crippen molar-refractivity contribution in [3.63, 3.8) is 0 Å². The minimum atomic E-state index is -2.26. The van der Waals surface area contributed by atoms with E-state index in [1.54, 1.807) is 0 Å². The molecule has 0 heterocycles. The molecule has 1 atom stereocenters. The van der Waals surface area contributed by atoms with Crippen LogP contribution in [0, 0.1) is 5.82 Å². The maximum absolute atomic E-state index is 13.1. The van der Waals surface area contributed by atoms with Gasteiger partial charge in [0.1, 0.15) is 5.82 Å². The molecule has 0 aliphatic carbocycles. The Morgan fingerprint density at radius 2 is 2.18 bits per heavy atom. The number of anilines is 1. The Balaban J connectivity index is 3.16. The summed E-state index contributed by atoms with van der Waals surface area (Å²) < 4.78 is 34.3. The van der Waals surface area contributed by atoms with Gasteiger partial charge in [0.25, 0.3) is 11.3 Å². The average molecular weight is 261 g/mol. The van der Waals surface area contributed by atoms with Gasteiger partial charge in [-0.1, -0.05) is 6.92 Å². The van der Waals surface area contributed by atoms with Crippen molar-refractivity contribution in [3.8, 4) is 0 Å². The Bertz CT molecular complexity index is 452. The summed E-state index contributed by atoms with van der Waals surface area (Å²) in [6.45, 7) is 2.08. The number of halogens is 1. The average Bonchev–Trinajstić information content (AvgIpc) is 2.26. The van der Waals surface area contributed by atoms with Crippen LogP contribution in [0.5, 0.6) is 0 Å². The Hall–Kier alpha value is -1.47. The molecule has 7 heteroatoms. The zero-order valence-electron chi connectivity index (χ0n) is 9.09. The summed E-state index contributed by atoms with van der Waals surface area (Å²) in [5.41, 5.74) is -0.319. The van der Waals surface area contributed by atoms with Crippen molar-refractivity contribution in [3.05, 3.63) is 29.6 Å². The van der Waals surface area contributed by atoms with Crippen LogP contribution in [0.1, 0.15) is 23.7 Å². The van der Waals surface area contributed by atoms with Crippen molar-refractivity contribution < 1.29 is 23.1 Å². The number of carboxylic acid groups (broad SMARTS) is 1. The smallest absolute Gasteiger partial charge is 0.338 e. The summed E-state index contributed by atoms with van der Waals surface area (Å²) in [6.07, 6.45) is 0.603. The molecule has 0 saturated heterocycles. The van der Waals surface area contributed by atoms with Gasteiger partial charge in [0.05, 0.1) is 11.3 Å². The molecule has 1 unspecified atom stereocenters. The monoisotopic (exact) mass is 261 g/mol. The molecule has 94 valence electrons. The molecule has 2 N–H and O–H groups in total. The number of benzene rings is 1. The largest absolute Gasteiger partial charge is 0.478 e. The number of hydrogen-bond donors (Lipinski definition) is 2. The Morgan fingerprint density at radius 1 is 1.53 bits per heavy atom. The van der Waals surface area contributed by atoms with Gasteiger partial charge in [-0.15, -0.1) is 0 Å². The zero-order valence-corrected chi connectivity index (χ0v) is 9.91. The van der Waals surface area contributed by atoms with Gasteiger partial charge in [-0.3, -0.25) is 8.86 Å². The van der Waals surface area contributed by atoms with E-state index in [0.29, 0.717) is 6.42 Å². The van der Waals surface area contributed by atoms with Crippen molar-refractivity contribution in [1.29, 1.82) is 0 Å². The van der Waals surface area contributed by atoms with Crippen LogP contribution in [0.3, 0.4) is 0 Å². The van der Waals surface area contributed by atoms with E-state index in [-0.39, 0.29) is 12.2 Å². The van der Waals surface area contributed by atoms with E-state index < -0.39 is 28.6 Å². The van der Waals surface area contributed by atoms with Gasteiger partial charge in [-0.2, -0.15) is 0 Å². The highest BCUT2D eigenvalue weighted by Crippen LogP contribution is 2.20. The molecule has 0 aliphatic heterocycles. The first-order valence-electron chi connectivity index (χ1n) is 4.88. The molecule has 17 heavy (non-hydrogen) atoms. The van der Waals surface area contributed by atoms with E-state index in [9.17, 15) is 13.4 Å². The van der Waals surface area contributed by atoms with Crippen LogP contribution >= 0.6 is 0 Å². The van der Waals surface area contributed by atoms with Gasteiger partial charge in [0.2, 0.25) is 0 Å². The van der Waals surface area contributed by atoms with Gasteiger partial charge in [-0.25, -0.2) is 13.4 Å². The van der Waals surface area contributed by atoms with Crippen LogP contribution in [-0.2, 0) is 11.3 Å². The zero-order chi connectivity index (χ0) is 13.0. The molecule has 1 aromatic rings. The van der Waals surface area contributed by atoms with Gasteiger partial charge in [0.15, 0.2) is 0 Å². The fourth-order valence-electron chi connectivity index (χ4n) is 1.33. The number of hydrogen-bond acceptors (Lipinski definition) is 2. The van der Waals surface area contributed by atoms with Gasteiger partial charge >= 0.3 is 5.97 Å². The second kappa shape index (κ2) is 5.74. The molecule has 0 fully saturated rings. The third-order valence-electron chi connectivity index (χ3n) is 2.08. The van der Waals surface area contributed by atoms with E-state index in [2.05, 4.69) is 0 Å². The third kappa shape index (κ3) is 3.24. The van der Waals surface area contributed by atoms with E-state index >= 15 is 0 Å². The normalized spacial score (nSPS) is 12.2. The van der Waals surface area contributed by atoms with Crippen LogP contribution in [0.15, 0.2) is 18.2 Å². The third-order valence-corrected chi connectivity index (χ3v) is 2.85. The van der Waals surface area contributed by atoms with Crippen LogP contribution in [0.4, 0.5) is 10.1 Å². The van der Waals surface area contributed by atoms with E-state index in [1.165, 1.54) is 6.07 Å². The Morgan fingerprint density at radius 3 is 2.65 bits per heavy atom. The second-order valence-electron chi connectivity index (χ2n) is 3.30. The number of rotatable bonds is 5. The van der Waals surface area contributed by atoms with Crippen molar-refractivity contribution in [1.82, 2.24) is 0 Å². The van der Waals surface area contributed by atoms with Gasteiger partial charge < -0.3 is 5.11 Å². The Labute approximate surface area is 100 Å². The van der Waals surface area contributed by atoms with Crippen molar-refractivity contribution in [2.75, 3.05) is 10.8 Å². The van der Waals surface area contributed by atoms with Crippen LogP contribution in [0.25, 0.3) is 0 Å². The summed E-state index contributed by atoms with van der Waals surface area (Å²) in [5, 5.41) is 8.74. The fourth-order valence-corrected chi connectivity index (χ4v) is 1.97. The Kier molecular flexibility index (Phi) is 4.59. The summed E-state index contributed by atoms with van der Waals surface area (Å²) in [4.78, 5) is 10.7. The SMILES string of the molecule is CCCN(c1ccc(F)c(C(=O)O)c1)S(=O)O. The maximum Gasteiger partial charge on any atom is 0.338 e. The summed E-state index contributed by atoms with van der Waals surface area (Å²) in [7, 11) is 0. The summed E-state index contributed by atoms with van der Waals surface area (Å²) in [6, 6.07) is 3.28. The number of aromatic carboxylic acids is 1. The van der Waals surface area contributed by atoms with Crippen LogP contribution in [0.2, 0.25) is 0 Å². The molecule has 1 rings (SSSR count). The highest BCUT2D eigenvalue weighted by molar-refractivity contribution is 7.80. The number of carboxylic acids is 1. The van der Waals surface area contributed by atoms with Gasteiger partial charge in [-0.05, 0) is 24.6 Å². The van der Waals surface area contributed by atoms with Gasteiger partial charge in [0, 0.05) is 6.54 Å². The highest BCUT2D eigenvalue weighted by Gasteiger charge is 2.16. The first-order valence-corrected chi connectivity index (χ1v) is 5.95. The first-order chi connectivity index (χ1) is 7.97. The standard InChI is InChI=1S/C10H12FNO4S/c1-2-5-12(17(15)16)7-3-4-9(11)8(6-7)10(13)14/h3-4,6H,2,5H2,1H3,(H,13,14)(H,15,16). The minimum absolute atomic E-state index is 0.200. The van der Waals surface area contributed by atoms with E-state index in [1.807, 2.05) is 6.92 Å². The molecular weight excluding hydrogens is 249 g/mol. The molecule has 0 amide bonds. The lowest BCUT2D eigenvalue weighted by Crippen LogP contribution is -2.26. The molecule has 5 nitrogen and oxygen atoms in total. The van der Waals surface area contributed by atoms with E-state index in [4.69, 9.17) is 9.66 Å². The molecule has 0 saturated carbocycles. The first kappa shape index (κ1) is 13.6. The molecule has 0 aromatic heterocycles. The lowest BCUT2D eigenvalue weighted by atomic mass is 10.2. The molecule has 0 aliphatic rings. The summed E-state index contributed by atoms with van der Waals surface area (Å²) in [5.74, 6) is -2.29. The minimum Gasteiger partial charge on any atom is -0.478 e. The van der Waals surface area contributed by atoms with Crippen molar-refractivity contribution in [2.24, 2.45) is 0 Å². The second-order valence-corrected chi connectivity index (χ2v) is 4.20. The lowest BCUT2D eigenvalue weighted by Gasteiger charge is -2.19. The van der Waals surface area contributed by atoms with E-state index in [0.717, 1.165) is 16.4 Å². The molecule has 0 spiro atoms. The molecular formula is C10H12FNO4S. The predicted molar refractivity (Wildman–Crippen MR) is 61.8 cm³/mol.